The van der Waals surface area contributed by atoms with E-state index in [0.29, 0.717) is 13.1 Å². The first-order chi connectivity index (χ1) is 7.05. The predicted molar refractivity (Wildman–Crippen MR) is 56.4 cm³/mol. The molecule has 0 aromatic carbocycles. The summed E-state index contributed by atoms with van der Waals surface area (Å²) in [6.45, 7) is 1.82. The van der Waals surface area contributed by atoms with Gasteiger partial charge in [-0.3, -0.25) is 9.88 Å². The van der Waals surface area contributed by atoms with Gasteiger partial charge < -0.3 is 0 Å². The maximum absolute atomic E-state index is 11.0. The van der Waals surface area contributed by atoms with E-state index in [9.17, 15) is 8.42 Å². The van der Waals surface area contributed by atoms with Crippen LogP contribution in [0.3, 0.4) is 0 Å². The van der Waals surface area contributed by atoms with Gasteiger partial charge in [0, 0.05) is 32.0 Å². The van der Waals surface area contributed by atoms with Gasteiger partial charge in [0.15, 0.2) is 0 Å². The van der Waals surface area contributed by atoms with E-state index in [1.54, 1.807) is 12.4 Å². The second-order valence-corrected chi connectivity index (χ2v) is 5.61. The normalized spacial score (nSPS) is 18.7. The lowest BCUT2D eigenvalue weighted by molar-refractivity contribution is 0.176. The lowest BCUT2D eigenvalue weighted by atomic mass is 10.1. The number of aromatic nitrogens is 1. The highest BCUT2D eigenvalue weighted by molar-refractivity contribution is 7.89. The fraction of sp³-hybridized carbons (Fsp3) is 0.444. The van der Waals surface area contributed by atoms with Crippen LogP contribution in [0, 0.1) is 0 Å². The Bertz CT molecular complexity index is 426. The van der Waals surface area contributed by atoms with Crippen molar-refractivity contribution >= 4 is 10.0 Å². The zero-order valence-electron chi connectivity index (χ0n) is 8.20. The Hall–Kier alpha value is -0.980. The van der Waals surface area contributed by atoms with Crippen molar-refractivity contribution in [3.8, 4) is 0 Å². The molecule has 1 fully saturated rings. The average molecular weight is 227 g/mol. The van der Waals surface area contributed by atoms with Crippen molar-refractivity contribution in [3.63, 3.8) is 0 Å². The van der Waals surface area contributed by atoms with Crippen LogP contribution in [0.2, 0.25) is 0 Å². The summed E-state index contributed by atoms with van der Waals surface area (Å²) in [4.78, 5) is 5.96. The van der Waals surface area contributed by atoms with Crippen molar-refractivity contribution < 1.29 is 8.42 Å². The molecule has 82 valence electrons. The van der Waals surface area contributed by atoms with Crippen LogP contribution in [0.25, 0.3) is 0 Å². The molecule has 1 aliphatic rings. The van der Waals surface area contributed by atoms with Crippen molar-refractivity contribution in [2.24, 2.45) is 5.14 Å². The van der Waals surface area contributed by atoms with Crippen molar-refractivity contribution in [1.82, 2.24) is 9.88 Å². The summed E-state index contributed by atoms with van der Waals surface area (Å²) < 4.78 is 21.9. The Morgan fingerprint density at radius 1 is 1.40 bits per heavy atom. The van der Waals surface area contributed by atoms with E-state index in [0.717, 1.165) is 12.1 Å². The average Bonchev–Trinajstić information content (AvgIpc) is 2.10. The molecule has 0 bridgehead atoms. The van der Waals surface area contributed by atoms with E-state index < -0.39 is 10.0 Å². The van der Waals surface area contributed by atoms with E-state index in [2.05, 4.69) is 4.98 Å². The van der Waals surface area contributed by atoms with Gasteiger partial charge in [-0.2, -0.15) is 0 Å². The molecule has 1 aromatic heterocycles. The molecule has 0 saturated carbocycles. The highest BCUT2D eigenvalue weighted by Crippen LogP contribution is 2.16. The molecule has 0 atom stereocenters. The van der Waals surface area contributed by atoms with Crippen molar-refractivity contribution in [2.75, 3.05) is 13.1 Å². The summed E-state index contributed by atoms with van der Waals surface area (Å²) in [5.41, 5.74) is 1.14. The molecule has 2 N–H and O–H groups in total. The maximum Gasteiger partial charge on any atom is 0.214 e. The summed E-state index contributed by atoms with van der Waals surface area (Å²) in [7, 11) is -3.35. The molecule has 0 spiro atoms. The number of rotatable bonds is 3. The standard InChI is InChI=1S/C9H13N3O2S/c10-15(13,14)9-6-12(7-9)5-8-1-3-11-4-2-8/h1-4,9H,5-7H2,(H2,10,13,14). The van der Waals surface area contributed by atoms with Gasteiger partial charge in [0.25, 0.3) is 0 Å². The number of nitrogens with two attached hydrogens (primary N) is 1. The predicted octanol–water partition coefficient (Wildman–Crippen LogP) is -0.446. The number of hydrogen-bond donors (Lipinski definition) is 1. The first-order valence-electron chi connectivity index (χ1n) is 4.68. The van der Waals surface area contributed by atoms with Crippen molar-refractivity contribution in [1.29, 1.82) is 0 Å². The summed E-state index contributed by atoms with van der Waals surface area (Å²) in [6, 6.07) is 3.84. The van der Waals surface area contributed by atoms with Gasteiger partial charge in [-0.15, -0.1) is 0 Å². The van der Waals surface area contributed by atoms with Gasteiger partial charge in [0.05, 0.1) is 0 Å². The Morgan fingerprint density at radius 2 is 2.00 bits per heavy atom. The third-order valence-corrected chi connectivity index (χ3v) is 3.77. The highest BCUT2D eigenvalue weighted by atomic mass is 32.2. The number of likely N-dealkylation sites (tertiary alicyclic amines) is 1. The monoisotopic (exact) mass is 227 g/mol. The molecule has 1 saturated heterocycles. The number of pyridine rings is 1. The molecule has 0 aliphatic carbocycles. The fourth-order valence-corrected chi connectivity index (χ4v) is 2.44. The fourth-order valence-electron chi connectivity index (χ4n) is 1.61. The van der Waals surface area contributed by atoms with Gasteiger partial charge in [-0.05, 0) is 17.7 Å². The SMILES string of the molecule is NS(=O)(=O)C1CN(Cc2ccncc2)C1. The molecule has 1 aliphatic heterocycles. The van der Waals surface area contributed by atoms with E-state index in [4.69, 9.17) is 5.14 Å². The second-order valence-electron chi connectivity index (χ2n) is 3.76. The lowest BCUT2D eigenvalue weighted by Gasteiger charge is -2.37. The molecule has 0 radical (unpaired) electrons. The molecule has 2 heterocycles. The molecule has 15 heavy (non-hydrogen) atoms. The van der Waals surface area contributed by atoms with Gasteiger partial charge in [-0.25, -0.2) is 13.6 Å². The number of nitrogens with zero attached hydrogens (tertiary/aromatic N) is 2. The van der Waals surface area contributed by atoms with Crippen LogP contribution in [-0.2, 0) is 16.6 Å². The summed E-state index contributed by atoms with van der Waals surface area (Å²) in [5.74, 6) is 0. The molecular formula is C9H13N3O2S. The summed E-state index contributed by atoms with van der Waals surface area (Å²) in [5, 5.41) is 4.64. The Balaban J connectivity index is 1.87. The molecule has 6 heteroatoms. The molecular weight excluding hydrogens is 214 g/mol. The summed E-state index contributed by atoms with van der Waals surface area (Å²) >= 11 is 0. The number of primary sulfonamides is 1. The topological polar surface area (TPSA) is 76.3 Å². The molecule has 5 nitrogen and oxygen atoms in total. The number of hydrogen-bond acceptors (Lipinski definition) is 4. The Kier molecular flexibility index (Phi) is 2.72. The smallest absolute Gasteiger partial charge is 0.214 e. The van der Waals surface area contributed by atoms with Crippen molar-refractivity contribution in [2.45, 2.75) is 11.8 Å². The van der Waals surface area contributed by atoms with E-state index in [1.165, 1.54) is 0 Å². The maximum atomic E-state index is 11.0. The van der Waals surface area contributed by atoms with Gasteiger partial charge in [0.1, 0.15) is 5.25 Å². The van der Waals surface area contributed by atoms with E-state index in [1.807, 2.05) is 17.0 Å². The van der Waals surface area contributed by atoms with Crippen LogP contribution >= 0.6 is 0 Å². The largest absolute Gasteiger partial charge is 0.296 e. The Labute approximate surface area is 89.0 Å². The van der Waals surface area contributed by atoms with Crippen LogP contribution in [-0.4, -0.2) is 36.6 Å². The minimum Gasteiger partial charge on any atom is -0.296 e. The third-order valence-electron chi connectivity index (χ3n) is 2.54. The van der Waals surface area contributed by atoms with Crippen LogP contribution in [0.4, 0.5) is 0 Å². The van der Waals surface area contributed by atoms with E-state index >= 15 is 0 Å². The number of sulfonamides is 1. The quantitative estimate of drug-likeness (QED) is 0.759. The Morgan fingerprint density at radius 3 is 2.53 bits per heavy atom. The molecule has 0 unspecified atom stereocenters. The minimum absolute atomic E-state index is 0.390. The molecule has 1 aromatic rings. The first-order valence-corrected chi connectivity index (χ1v) is 6.29. The van der Waals surface area contributed by atoms with Crippen LogP contribution in [0.5, 0.6) is 0 Å². The minimum atomic E-state index is -3.35. The third kappa shape index (κ3) is 2.53. The van der Waals surface area contributed by atoms with Crippen LogP contribution in [0.15, 0.2) is 24.5 Å². The second kappa shape index (κ2) is 3.88. The van der Waals surface area contributed by atoms with Crippen LogP contribution in [0.1, 0.15) is 5.56 Å². The van der Waals surface area contributed by atoms with Crippen molar-refractivity contribution in [3.05, 3.63) is 30.1 Å². The molecule has 2 rings (SSSR count). The lowest BCUT2D eigenvalue weighted by Crippen LogP contribution is -2.55. The van der Waals surface area contributed by atoms with Gasteiger partial charge in [0.2, 0.25) is 10.0 Å². The first kappa shape index (κ1) is 10.5. The summed E-state index contributed by atoms with van der Waals surface area (Å²) in [6.07, 6.45) is 3.46. The van der Waals surface area contributed by atoms with Gasteiger partial charge in [-0.1, -0.05) is 0 Å². The zero-order chi connectivity index (χ0) is 10.9. The molecule has 0 amide bonds. The van der Waals surface area contributed by atoms with E-state index in [-0.39, 0.29) is 5.25 Å². The zero-order valence-corrected chi connectivity index (χ0v) is 9.02. The van der Waals surface area contributed by atoms with Crippen LogP contribution < -0.4 is 5.14 Å². The highest BCUT2D eigenvalue weighted by Gasteiger charge is 2.34. The van der Waals surface area contributed by atoms with Gasteiger partial charge >= 0.3 is 0 Å².